The van der Waals surface area contributed by atoms with E-state index in [9.17, 15) is 14.4 Å². The third-order valence-electron chi connectivity index (χ3n) is 6.97. The van der Waals surface area contributed by atoms with E-state index in [4.69, 9.17) is 0 Å². The molecule has 3 aromatic rings. The molecule has 1 amide bonds. The van der Waals surface area contributed by atoms with E-state index in [2.05, 4.69) is 21.0 Å². The van der Waals surface area contributed by atoms with Crippen LogP contribution in [0.3, 0.4) is 0 Å². The summed E-state index contributed by atoms with van der Waals surface area (Å²) in [4.78, 5) is 28.0. The van der Waals surface area contributed by atoms with E-state index in [0.29, 0.717) is 36.5 Å². The van der Waals surface area contributed by atoms with E-state index >= 15 is 0 Å². The third kappa shape index (κ3) is 3.42. The molecule has 2 atom stereocenters. The van der Waals surface area contributed by atoms with Gasteiger partial charge in [-0.2, -0.15) is 5.26 Å². The molecule has 0 radical (unpaired) electrons. The molecular formula is C25H22FN5O. The molecule has 2 aromatic heterocycles. The number of pyridine rings is 1. The Morgan fingerprint density at radius 1 is 1.09 bits per heavy atom. The highest BCUT2D eigenvalue weighted by molar-refractivity contribution is 5.99. The molecule has 2 unspecified atom stereocenters. The molecule has 2 bridgehead atoms. The van der Waals surface area contributed by atoms with Crippen molar-refractivity contribution in [3.63, 3.8) is 0 Å². The van der Waals surface area contributed by atoms with E-state index in [-0.39, 0.29) is 23.6 Å². The van der Waals surface area contributed by atoms with Crippen LogP contribution in [-0.2, 0) is 6.42 Å². The van der Waals surface area contributed by atoms with Gasteiger partial charge in [-0.1, -0.05) is 12.1 Å². The number of halogens is 1. The fraction of sp³-hybridized carbons (Fsp3) is 0.320. The zero-order chi connectivity index (χ0) is 22.1. The number of benzene rings is 1. The zero-order valence-corrected chi connectivity index (χ0v) is 17.5. The van der Waals surface area contributed by atoms with Gasteiger partial charge in [-0.15, -0.1) is 0 Å². The first-order chi connectivity index (χ1) is 15.6. The van der Waals surface area contributed by atoms with Crippen LogP contribution in [0.25, 0.3) is 11.4 Å². The van der Waals surface area contributed by atoms with Gasteiger partial charge in [0.25, 0.3) is 5.91 Å². The van der Waals surface area contributed by atoms with Crippen molar-refractivity contribution in [2.45, 2.75) is 19.3 Å². The summed E-state index contributed by atoms with van der Waals surface area (Å²) in [5, 5.41) is 10.2. The van der Waals surface area contributed by atoms with E-state index in [0.717, 1.165) is 18.4 Å². The van der Waals surface area contributed by atoms with Gasteiger partial charge in [0.15, 0.2) is 0 Å². The minimum atomic E-state index is -0.529. The SMILES string of the molecule is N#CC1(Cc2ccc(F)cc2)C2CCC1CN(C(=O)c1cccnc1-c1ccncn1)C2. The number of nitrogens with zero attached hydrogens (tertiary/aromatic N) is 5. The third-order valence-corrected chi connectivity index (χ3v) is 6.97. The molecule has 1 saturated carbocycles. The second kappa shape index (κ2) is 8.12. The average Bonchev–Trinajstić information content (AvgIpc) is 3.01. The molecule has 3 heterocycles. The zero-order valence-electron chi connectivity index (χ0n) is 17.5. The highest BCUT2D eigenvalue weighted by Gasteiger charge is 2.55. The first-order valence-corrected chi connectivity index (χ1v) is 10.8. The summed E-state index contributed by atoms with van der Waals surface area (Å²) in [5.41, 5.74) is 2.08. The lowest BCUT2D eigenvalue weighted by atomic mass is 9.66. The maximum absolute atomic E-state index is 13.5. The van der Waals surface area contributed by atoms with Gasteiger partial charge in [0.2, 0.25) is 0 Å². The van der Waals surface area contributed by atoms with Crippen molar-refractivity contribution in [3.05, 3.63) is 78.1 Å². The summed E-state index contributed by atoms with van der Waals surface area (Å²) in [7, 11) is 0. The van der Waals surface area contributed by atoms with Crippen LogP contribution in [0.1, 0.15) is 28.8 Å². The number of nitriles is 1. The number of likely N-dealkylation sites (tertiary alicyclic amines) is 1. The molecule has 1 aliphatic heterocycles. The Bertz CT molecular complexity index is 1160. The van der Waals surface area contributed by atoms with Gasteiger partial charge in [-0.05, 0) is 67.0 Å². The van der Waals surface area contributed by atoms with E-state index in [1.807, 2.05) is 4.90 Å². The largest absolute Gasteiger partial charge is 0.338 e. The molecule has 7 heteroatoms. The highest BCUT2D eigenvalue weighted by atomic mass is 19.1. The number of amides is 1. The summed E-state index contributed by atoms with van der Waals surface area (Å²) >= 11 is 0. The Kier molecular flexibility index (Phi) is 5.14. The predicted octanol–water partition coefficient (Wildman–Crippen LogP) is 3.91. The number of fused-ring (bicyclic) bond motifs is 2. The molecule has 160 valence electrons. The van der Waals surface area contributed by atoms with Crippen LogP contribution < -0.4 is 0 Å². The van der Waals surface area contributed by atoms with Gasteiger partial charge in [-0.25, -0.2) is 14.4 Å². The number of piperidine rings is 1. The topological polar surface area (TPSA) is 82.8 Å². The predicted molar refractivity (Wildman–Crippen MR) is 116 cm³/mol. The maximum atomic E-state index is 13.5. The summed E-state index contributed by atoms with van der Waals surface area (Å²) in [6.07, 6.45) is 7.13. The van der Waals surface area contributed by atoms with Crippen LogP contribution in [0.4, 0.5) is 4.39 Å². The number of hydrogen-bond donors (Lipinski definition) is 0. The van der Waals surface area contributed by atoms with E-state index < -0.39 is 5.41 Å². The Labute approximate surface area is 185 Å². The summed E-state index contributed by atoms with van der Waals surface area (Å²) in [5.74, 6) is -0.199. The molecule has 5 rings (SSSR count). The number of carbonyl (C=O) groups is 1. The standard InChI is InChI=1S/C25H22FN5O/c26-20-7-3-17(4-8-20)12-25(15-27)18-5-6-19(25)14-31(13-18)24(32)21-2-1-10-29-23(21)22-9-11-28-16-30-22/h1-4,7-11,16,18-19H,5-6,12-14H2. The molecule has 32 heavy (non-hydrogen) atoms. The number of hydrogen-bond acceptors (Lipinski definition) is 5. The summed E-state index contributed by atoms with van der Waals surface area (Å²) < 4.78 is 13.3. The van der Waals surface area contributed by atoms with Crippen molar-refractivity contribution < 1.29 is 9.18 Å². The quantitative estimate of drug-likeness (QED) is 0.630. The lowest BCUT2D eigenvalue weighted by Gasteiger charge is -2.44. The van der Waals surface area contributed by atoms with Gasteiger partial charge in [-0.3, -0.25) is 9.78 Å². The Morgan fingerprint density at radius 2 is 1.84 bits per heavy atom. The Morgan fingerprint density at radius 3 is 2.50 bits per heavy atom. The van der Waals surface area contributed by atoms with Gasteiger partial charge >= 0.3 is 0 Å². The minimum Gasteiger partial charge on any atom is -0.338 e. The normalized spacial score (nSPS) is 24.2. The molecule has 0 spiro atoms. The van der Waals surface area contributed by atoms with Gasteiger partial charge < -0.3 is 4.90 Å². The molecule has 1 saturated heterocycles. The van der Waals surface area contributed by atoms with Crippen molar-refractivity contribution in [1.29, 1.82) is 5.26 Å². The van der Waals surface area contributed by atoms with Crippen LogP contribution in [0, 0.1) is 34.4 Å². The van der Waals surface area contributed by atoms with Crippen LogP contribution in [0.5, 0.6) is 0 Å². The fourth-order valence-electron chi connectivity index (χ4n) is 5.37. The molecule has 1 aromatic carbocycles. The minimum absolute atomic E-state index is 0.0828. The molecule has 2 aliphatic rings. The van der Waals surface area contributed by atoms with E-state index in [1.165, 1.54) is 18.5 Å². The maximum Gasteiger partial charge on any atom is 0.256 e. The lowest BCUT2D eigenvalue weighted by molar-refractivity contribution is 0.0420. The van der Waals surface area contributed by atoms with Gasteiger partial charge in [0.05, 0.1) is 22.7 Å². The molecule has 1 aliphatic carbocycles. The summed E-state index contributed by atoms with van der Waals surface area (Å²) in [6, 6.07) is 14.3. The van der Waals surface area contributed by atoms with Crippen LogP contribution >= 0.6 is 0 Å². The average molecular weight is 427 g/mol. The monoisotopic (exact) mass is 427 g/mol. The van der Waals surface area contributed by atoms with Crippen molar-refractivity contribution in [3.8, 4) is 17.5 Å². The Hall–Kier alpha value is -3.66. The van der Waals surface area contributed by atoms with E-state index in [1.54, 1.807) is 42.7 Å². The second-order valence-electron chi connectivity index (χ2n) is 8.63. The van der Waals surface area contributed by atoms with Gasteiger partial charge in [0, 0.05) is 25.5 Å². The smallest absolute Gasteiger partial charge is 0.256 e. The van der Waals surface area contributed by atoms with Crippen LogP contribution in [-0.4, -0.2) is 38.8 Å². The molecule has 0 N–H and O–H groups in total. The fourth-order valence-corrected chi connectivity index (χ4v) is 5.37. The highest BCUT2D eigenvalue weighted by Crippen LogP contribution is 2.53. The lowest BCUT2D eigenvalue weighted by Crippen LogP contribution is -2.51. The van der Waals surface area contributed by atoms with Gasteiger partial charge in [0.1, 0.15) is 17.8 Å². The number of aromatic nitrogens is 3. The van der Waals surface area contributed by atoms with Crippen LogP contribution in [0.2, 0.25) is 0 Å². The number of carbonyl (C=O) groups excluding carboxylic acids is 1. The number of rotatable bonds is 4. The Balaban J connectivity index is 1.41. The van der Waals surface area contributed by atoms with Crippen molar-refractivity contribution in [1.82, 2.24) is 19.9 Å². The molecular weight excluding hydrogens is 405 g/mol. The second-order valence-corrected chi connectivity index (χ2v) is 8.63. The first kappa shape index (κ1) is 20.3. The summed E-state index contributed by atoms with van der Waals surface area (Å²) in [6.45, 7) is 1.06. The van der Waals surface area contributed by atoms with Crippen LogP contribution in [0.15, 0.2) is 61.2 Å². The first-order valence-electron chi connectivity index (χ1n) is 10.8. The van der Waals surface area contributed by atoms with Crippen molar-refractivity contribution in [2.24, 2.45) is 17.3 Å². The molecule has 2 fully saturated rings. The van der Waals surface area contributed by atoms with Crippen molar-refractivity contribution in [2.75, 3.05) is 13.1 Å². The molecule has 6 nitrogen and oxygen atoms in total. The van der Waals surface area contributed by atoms with Crippen molar-refractivity contribution >= 4 is 5.91 Å².